The summed E-state index contributed by atoms with van der Waals surface area (Å²) in [7, 11) is 1.57. The van der Waals surface area contributed by atoms with Crippen LogP contribution in [0, 0.1) is 5.82 Å². The second kappa shape index (κ2) is 4.39. The molecule has 0 heterocycles. The first-order valence-electron chi connectivity index (χ1n) is 3.92. The van der Waals surface area contributed by atoms with Crippen LogP contribution in [0.2, 0.25) is 5.02 Å². The molecule has 0 aromatic heterocycles. The van der Waals surface area contributed by atoms with Crippen LogP contribution in [0.1, 0.15) is 10.4 Å². The maximum Gasteiger partial charge on any atom is 0.181 e. The van der Waals surface area contributed by atoms with Crippen LogP contribution in [0.15, 0.2) is 12.1 Å². The van der Waals surface area contributed by atoms with Crippen LogP contribution >= 0.6 is 11.6 Å². The van der Waals surface area contributed by atoms with Gasteiger partial charge in [0.1, 0.15) is 11.6 Å². The fourth-order valence-electron chi connectivity index (χ4n) is 1.08. The number of carbonyl (C=O) groups excluding carboxylic acids is 1. The molecule has 0 bridgehead atoms. The highest BCUT2D eigenvalue weighted by atomic mass is 35.5. The van der Waals surface area contributed by atoms with Crippen molar-refractivity contribution in [1.29, 1.82) is 0 Å². The van der Waals surface area contributed by atoms with E-state index in [2.05, 4.69) is 5.32 Å². The molecule has 0 aliphatic carbocycles. The number of halogens is 2. The minimum atomic E-state index is -0.810. The van der Waals surface area contributed by atoms with E-state index in [1.54, 1.807) is 7.05 Å². The molecule has 3 nitrogen and oxygen atoms in total. The summed E-state index contributed by atoms with van der Waals surface area (Å²) in [6.45, 7) is 0.00140. The Morgan fingerprint density at radius 2 is 2.29 bits per heavy atom. The van der Waals surface area contributed by atoms with Crippen LogP contribution in [0.3, 0.4) is 0 Å². The van der Waals surface area contributed by atoms with Crippen molar-refractivity contribution in [1.82, 2.24) is 5.32 Å². The standard InChI is InChI=1S/C9H9ClFNO2/c1-12-4-8(14)9-6(10)2-5(13)3-7(9)11/h2-3,12-13H,4H2,1H3. The normalized spacial score (nSPS) is 10.2. The summed E-state index contributed by atoms with van der Waals surface area (Å²) >= 11 is 5.62. The second-order valence-corrected chi connectivity index (χ2v) is 3.15. The summed E-state index contributed by atoms with van der Waals surface area (Å²) in [5, 5.41) is 11.5. The lowest BCUT2D eigenvalue weighted by Crippen LogP contribution is -2.19. The Morgan fingerprint density at radius 1 is 1.64 bits per heavy atom. The Bertz CT molecular complexity index is 345. The molecule has 1 rings (SSSR count). The number of benzene rings is 1. The zero-order chi connectivity index (χ0) is 10.7. The van der Waals surface area contributed by atoms with Gasteiger partial charge >= 0.3 is 0 Å². The molecule has 0 saturated carbocycles. The number of aromatic hydroxyl groups is 1. The average molecular weight is 218 g/mol. The highest BCUT2D eigenvalue weighted by Gasteiger charge is 2.16. The molecule has 0 spiro atoms. The van der Waals surface area contributed by atoms with Gasteiger partial charge < -0.3 is 10.4 Å². The average Bonchev–Trinajstić information content (AvgIpc) is 2.01. The highest BCUT2D eigenvalue weighted by Crippen LogP contribution is 2.25. The zero-order valence-corrected chi connectivity index (χ0v) is 8.23. The van der Waals surface area contributed by atoms with Crippen molar-refractivity contribution in [3.8, 4) is 5.75 Å². The van der Waals surface area contributed by atoms with Crippen molar-refractivity contribution in [2.75, 3.05) is 13.6 Å². The highest BCUT2D eigenvalue weighted by molar-refractivity contribution is 6.34. The van der Waals surface area contributed by atoms with Crippen molar-refractivity contribution >= 4 is 17.4 Å². The van der Waals surface area contributed by atoms with E-state index < -0.39 is 11.6 Å². The molecular formula is C9H9ClFNO2. The summed E-state index contributed by atoms with van der Waals surface area (Å²) in [5.41, 5.74) is -0.196. The summed E-state index contributed by atoms with van der Waals surface area (Å²) in [6.07, 6.45) is 0. The van der Waals surface area contributed by atoms with E-state index in [9.17, 15) is 9.18 Å². The quantitative estimate of drug-likeness (QED) is 0.756. The minimum absolute atomic E-state index is 0.00140. The van der Waals surface area contributed by atoms with Gasteiger partial charge in [-0.1, -0.05) is 11.6 Å². The molecule has 0 aliphatic heterocycles. The Labute approximate surface area is 85.5 Å². The lowest BCUT2D eigenvalue weighted by molar-refractivity contribution is 0.0990. The van der Waals surface area contributed by atoms with Gasteiger partial charge in [-0.15, -0.1) is 0 Å². The van der Waals surface area contributed by atoms with Crippen molar-refractivity contribution < 1.29 is 14.3 Å². The first-order valence-corrected chi connectivity index (χ1v) is 4.30. The first-order chi connectivity index (χ1) is 6.56. The fraction of sp³-hybridized carbons (Fsp3) is 0.222. The molecule has 76 valence electrons. The van der Waals surface area contributed by atoms with Gasteiger partial charge in [0.15, 0.2) is 5.78 Å². The van der Waals surface area contributed by atoms with E-state index in [1.807, 2.05) is 0 Å². The monoisotopic (exact) mass is 217 g/mol. The van der Waals surface area contributed by atoms with Crippen LogP contribution in [0.5, 0.6) is 5.75 Å². The molecule has 14 heavy (non-hydrogen) atoms. The molecule has 0 saturated heterocycles. The van der Waals surface area contributed by atoms with Crippen LogP contribution in [0.25, 0.3) is 0 Å². The molecule has 1 aromatic rings. The maximum atomic E-state index is 13.2. The van der Waals surface area contributed by atoms with E-state index in [0.29, 0.717) is 0 Å². The Balaban J connectivity index is 3.14. The Kier molecular flexibility index (Phi) is 3.43. The van der Waals surface area contributed by atoms with Gasteiger partial charge in [-0.05, 0) is 13.1 Å². The maximum absolute atomic E-state index is 13.2. The number of phenols is 1. The fourth-order valence-corrected chi connectivity index (χ4v) is 1.38. The van der Waals surface area contributed by atoms with Crippen molar-refractivity contribution in [3.05, 3.63) is 28.5 Å². The predicted octanol–water partition coefficient (Wildman–Crippen LogP) is 1.59. The summed E-state index contributed by atoms with van der Waals surface area (Å²) < 4.78 is 13.2. The molecule has 0 atom stereocenters. The van der Waals surface area contributed by atoms with E-state index in [1.165, 1.54) is 0 Å². The third-order valence-electron chi connectivity index (χ3n) is 1.64. The largest absolute Gasteiger partial charge is 0.508 e. The Morgan fingerprint density at radius 3 is 2.79 bits per heavy atom. The molecule has 0 amide bonds. The third kappa shape index (κ3) is 2.21. The minimum Gasteiger partial charge on any atom is -0.508 e. The van der Waals surface area contributed by atoms with Gasteiger partial charge in [0, 0.05) is 6.07 Å². The number of ketones is 1. The molecule has 0 fully saturated rings. The van der Waals surface area contributed by atoms with Gasteiger partial charge in [0.05, 0.1) is 17.1 Å². The van der Waals surface area contributed by atoms with E-state index in [4.69, 9.17) is 16.7 Å². The molecule has 1 aromatic carbocycles. The smallest absolute Gasteiger partial charge is 0.181 e. The number of nitrogens with one attached hydrogen (secondary N) is 1. The number of likely N-dealkylation sites (N-methyl/N-ethyl adjacent to an activating group) is 1. The molecule has 0 aliphatic rings. The Hall–Kier alpha value is -1.13. The van der Waals surface area contributed by atoms with Crippen LogP contribution in [0.4, 0.5) is 4.39 Å². The predicted molar refractivity (Wildman–Crippen MR) is 51.3 cm³/mol. The van der Waals surface area contributed by atoms with Gasteiger partial charge in [-0.2, -0.15) is 0 Å². The van der Waals surface area contributed by atoms with E-state index >= 15 is 0 Å². The van der Waals surface area contributed by atoms with Crippen molar-refractivity contribution in [2.45, 2.75) is 0 Å². The lowest BCUT2D eigenvalue weighted by atomic mass is 10.1. The number of phenolic OH excluding ortho intramolecular Hbond substituents is 1. The molecular weight excluding hydrogens is 209 g/mol. The van der Waals surface area contributed by atoms with Crippen LogP contribution < -0.4 is 5.32 Å². The van der Waals surface area contributed by atoms with Crippen molar-refractivity contribution in [3.63, 3.8) is 0 Å². The molecule has 5 heteroatoms. The number of rotatable bonds is 3. The SMILES string of the molecule is CNCC(=O)c1c(F)cc(O)cc1Cl. The number of hydrogen-bond acceptors (Lipinski definition) is 3. The van der Waals surface area contributed by atoms with Gasteiger partial charge in [-0.25, -0.2) is 4.39 Å². The molecule has 0 radical (unpaired) electrons. The number of hydrogen-bond donors (Lipinski definition) is 2. The van der Waals surface area contributed by atoms with E-state index in [0.717, 1.165) is 12.1 Å². The third-order valence-corrected chi connectivity index (χ3v) is 1.94. The second-order valence-electron chi connectivity index (χ2n) is 2.74. The van der Waals surface area contributed by atoms with Gasteiger partial charge in [0.2, 0.25) is 0 Å². The van der Waals surface area contributed by atoms with Crippen LogP contribution in [-0.2, 0) is 0 Å². The van der Waals surface area contributed by atoms with Gasteiger partial charge in [-0.3, -0.25) is 4.79 Å². The van der Waals surface area contributed by atoms with Gasteiger partial charge in [0.25, 0.3) is 0 Å². The first kappa shape index (κ1) is 10.9. The lowest BCUT2D eigenvalue weighted by Gasteiger charge is -2.05. The summed E-state index contributed by atoms with van der Waals surface area (Å²) in [4.78, 5) is 11.3. The summed E-state index contributed by atoms with van der Waals surface area (Å²) in [5.74, 6) is -1.56. The van der Waals surface area contributed by atoms with E-state index in [-0.39, 0.29) is 22.9 Å². The number of Topliss-reactive ketones (excluding diaryl/α,β-unsaturated/α-hetero) is 1. The van der Waals surface area contributed by atoms with Crippen LogP contribution in [-0.4, -0.2) is 24.5 Å². The molecule has 0 unspecified atom stereocenters. The topological polar surface area (TPSA) is 49.3 Å². The van der Waals surface area contributed by atoms with Crippen molar-refractivity contribution in [2.24, 2.45) is 0 Å². The molecule has 2 N–H and O–H groups in total. The summed E-state index contributed by atoms with van der Waals surface area (Å²) in [6, 6.07) is 1.99. The zero-order valence-electron chi connectivity index (χ0n) is 7.47. The number of carbonyl (C=O) groups is 1.